The number of rotatable bonds is 5. The van der Waals surface area contributed by atoms with E-state index in [2.05, 4.69) is 46.6 Å². The van der Waals surface area contributed by atoms with Gasteiger partial charge in [-0.2, -0.15) is 0 Å². The van der Waals surface area contributed by atoms with Gasteiger partial charge in [0.2, 0.25) is 0 Å². The minimum atomic E-state index is 0.0629. The zero-order valence-corrected chi connectivity index (χ0v) is 15.3. The number of likely N-dealkylation sites (tertiary alicyclic amines) is 1. The summed E-state index contributed by atoms with van der Waals surface area (Å²) in [5, 5.41) is 3.14. The standard InChI is InChI=1S/C22H28N2O/c1-17-8-9-18(2)21(14-17)22(25)23-15-19-10-12-24(13-11-19)16-20-6-4-3-5-7-20/h3-9,14,19H,10-13,15-16H2,1-2H3,(H,23,25). The third-order valence-electron chi connectivity index (χ3n) is 5.15. The molecule has 1 aliphatic rings. The van der Waals surface area contributed by atoms with Crippen LogP contribution in [0.25, 0.3) is 0 Å². The molecule has 0 atom stereocenters. The molecule has 1 fully saturated rings. The number of aryl methyl sites for hydroxylation is 2. The van der Waals surface area contributed by atoms with Crippen molar-refractivity contribution in [3.8, 4) is 0 Å². The zero-order chi connectivity index (χ0) is 17.6. The van der Waals surface area contributed by atoms with Gasteiger partial charge >= 0.3 is 0 Å². The van der Waals surface area contributed by atoms with E-state index in [9.17, 15) is 4.79 Å². The minimum Gasteiger partial charge on any atom is -0.352 e. The Morgan fingerprint density at radius 3 is 2.52 bits per heavy atom. The molecular weight excluding hydrogens is 308 g/mol. The fraction of sp³-hybridized carbons (Fsp3) is 0.409. The molecule has 2 aromatic carbocycles. The molecule has 1 aliphatic heterocycles. The largest absolute Gasteiger partial charge is 0.352 e. The van der Waals surface area contributed by atoms with Gasteiger partial charge < -0.3 is 5.32 Å². The molecule has 132 valence electrons. The minimum absolute atomic E-state index is 0.0629. The van der Waals surface area contributed by atoms with Crippen molar-refractivity contribution in [3.63, 3.8) is 0 Å². The fourth-order valence-electron chi connectivity index (χ4n) is 3.50. The van der Waals surface area contributed by atoms with Crippen molar-refractivity contribution in [1.29, 1.82) is 0 Å². The van der Waals surface area contributed by atoms with Crippen molar-refractivity contribution < 1.29 is 4.79 Å². The molecule has 3 nitrogen and oxygen atoms in total. The van der Waals surface area contributed by atoms with E-state index in [0.29, 0.717) is 5.92 Å². The highest BCUT2D eigenvalue weighted by atomic mass is 16.1. The average Bonchev–Trinajstić information content (AvgIpc) is 2.64. The molecule has 0 radical (unpaired) electrons. The molecule has 0 saturated carbocycles. The maximum Gasteiger partial charge on any atom is 0.251 e. The van der Waals surface area contributed by atoms with Gasteiger partial charge in [0, 0.05) is 18.7 Å². The number of nitrogens with zero attached hydrogens (tertiary/aromatic N) is 1. The molecule has 0 aromatic heterocycles. The van der Waals surface area contributed by atoms with Gasteiger partial charge in [-0.25, -0.2) is 0 Å². The second kappa shape index (κ2) is 8.30. The summed E-state index contributed by atoms with van der Waals surface area (Å²) in [6.45, 7) is 8.06. The molecule has 3 rings (SSSR count). The highest BCUT2D eigenvalue weighted by Gasteiger charge is 2.20. The van der Waals surface area contributed by atoms with Gasteiger partial charge in [-0.1, -0.05) is 48.0 Å². The molecule has 0 bridgehead atoms. The molecular formula is C22H28N2O. The Morgan fingerprint density at radius 1 is 1.08 bits per heavy atom. The number of piperidine rings is 1. The summed E-state index contributed by atoms with van der Waals surface area (Å²) in [6, 6.07) is 16.7. The highest BCUT2D eigenvalue weighted by molar-refractivity contribution is 5.95. The third kappa shape index (κ3) is 4.93. The Kier molecular flexibility index (Phi) is 5.87. The number of amides is 1. The summed E-state index contributed by atoms with van der Waals surface area (Å²) in [5.41, 5.74) is 4.36. The Balaban J connectivity index is 1.45. The van der Waals surface area contributed by atoms with Gasteiger partial charge in [-0.3, -0.25) is 9.69 Å². The van der Waals surface area contributed by atoms with E-state index in [4.69, 9.17) is 0 Å². The second-order valence-corrected chi connectivity index (χ2v) is 7.23. The number of hydrogen-bond donors (Lipinski definition) is 1. The molecule has 2 aromatic rings. The van der Waals surface area contributed by atoms with Crippen LogP contribution in [0.2, 0.25) is 0 Å². The van der Waals surface area contributed by atoms with Gasteiger partial charge in [0.25, 0.3) is 5.91 Å². The van der Waals surface area contributed by atoms with Crippen LogP contribution >= 0.6 is 0 Å². The van der Waals surface area contributed by atoms with E-state index in [1.807, 2.05) is 26.0 Å². The van der Waals surface area contributed by atoms with Crippen molar-refractivity contribution in [1.82, 2.24) is 10.2 Å². The summed E-state index contributed by atoms with van der Waals surface area (Å²) in [5.74, 6) is 0.647. The van der Waals surface area contributed by atoms with E-state index in [-0.39, 0.29) is 5.91 Å². The molecule has 1 amide bonds. The van der Waals surface area contributed by atoms with E-state index in [1.165, 1.54) is 5.56 Å². The summed E-state index contributed by atoms with van der Waals surface area (Å²) >= 11 is 0. The maximum absolute atomic E-state index is 12.4. The molecule has 0 spiro atoms. The van der Waals surface area contributed by atoms with Crippen LogP contribution in [0.4, 0.5) is 0 Å². The lowest BCUT2D eigenvalue weighted by Crippen LogP contribution is -2.38. The molecule has 3 heteroatoms. The summed E-state index contributed by atoms with van der Waals surface area (Å²) in [7, 11) is 0. The molecule has 25 heavy (non-hydrogen) atoms. The van der Waals surface area contributed by atoms with Crippen molar-refractivity contribution in [3.05, 3.63) is 70.8 Å². The Hall–Kier alpha value is -2.13. The number of carbonyl (C=O) groups is 1. The van der Waals surface area contributed by atoms with E-state index in [1.54, 1.807) is 0 Å². The van der Waals surface area contributed by atoms with Crippen molar-refractivity contribution in [2.45, 2.75) is 33.2 Å². The monoisotopic (exact) mass is 336 g/mol. The molecule has 1 N–H and O–H groups in total. The topological polar surface area (TPSA) is 32.3 Å². The predicted octanol–water partition coefficient (Wildman–Crippen LogP) is 3.95. The molecule has 0 aliphatic carbocycles. The van der Waals surface area contributed by atoms with Crippen molar-refractivity contribution >= 4 is 5.91 Å². The lowest BCUT2D eigenvalue weighted by Gasteiger charge is -2.32. The van der Waals surface area contributed by atoms with Crippen LogP contribution in [0.1, 0.15) is 39.9 Å². The first-order chi connectivity index (χ1) is 12.1. The van der Waals surface area contributed by atoms with Crippen molar-refractivity contribution in [2.75, 3.05) is 19.6 Å². The normalized spacial score (nSPS) is 15.9. The lowest BCUT2D eigenvalue weighted by molar-refractivity contribution is 0.0934. The first-order valence-electron chi connectivity index (χ1n) is 9.23. The Morgan fingerprint density at radius 2 is 1.80 bits per heavy atom. The van der Waals surface area contributed by atoms with Crippen LogP contribution in [0.3, 0.4) is 0 Å². The van der Waals surface area contributed by atoms with Crippen LogP contribution in [-0.4, -0.2) is 30.4 Å². The zero-order valence-electron chi connectivity index (χ0n) is 15.3. The summed E-state index contributed by atoms with van der Waals surface area (Å²) in [6.07, 6.45) is 2.31. The van der Waals surface area contributed by atoms with Crippen LogP contribution in [0.5, 0.6) is 0 Å². The maximum atomic E-state index is 12.4. The van der Waals surface area contributed by atoms with Crippen LogP contribution in [-0.2, 0) is 6.54 Å². The number of nitrogens with one attached hydrogen (secondary N) is 1. The van der Waals surface area contributed by atoms with Gasteiger partial charge in [0.1, 0.15) is 0 Å². The Bertz CT molecular complexity index is 703. The second-order valence-electron chi connectivity index (χ2n) is 7.23. The number of hydrogen-bond acceptors (Lipinski definition) is 2. The number of benzene rings is 2. The molecule has 1 saturated heterocycles. The van der Waals surface area contributed by atoms with E-state index >= 15 is 0 Å². The molecule has 1 heterocycles. The SMILES string of the molecule is Cc1ccc(C)c(C(=O)NCC2CCN(Cc3ccccc3)CC2)c1. The van der Waals surface area contributed by atoms with E-state index in [0.717, 1.165) is 55.7 Å². The third-order valence-corrected chi connectivity index (χ3v) is 5.15. The number of carbonyl (C=O) groups excluding carboxylic acids is 1. The van der Waals surface area contributed by atoms with Crippen LogP contribution in [0.15, 0.2) is 48.5 Å². The fourth-order valence-corrected chi connectivity index (χ4v) is 3.50. The van der Waals surface area contributed by atoms with Gasteiger partial charge in [0.05, 0.1) is 0 Å². The lowest BCUT2D eigenvalue weighted by atomic mass is 9.96. The quantitative estimate of drug-likeness (QED) is 0.897. The van der Waals surface area contributed by atoms with Gasteiger partial charge in [-0.05, 0) is 62.9 Å². The first-order valence-corrected chi connectivity index (χ1v) is 9.23. The van der Waals surface area contributed by atoms with Crippen molar-refractivity contribution in [2.24, 2.45) is 5.92 Å². The molecule has 0 unspecified atom stereocenters. The first kappa shape index (κ1) is 17.7. The average molecular weight is 336 g/mol. The van der Waals surface area contributed by atoms with Gasteiger partial charge in [-0.15, -0.1) is 0 Å². The summed E-state index contributed by atoms with van der Waals surface area (Å²) in [4.78, 5) is 15.0. The van der Waals surface area contributed by atoms with E-state index < -0.39 is 0 Å². The highest BCUT2D eigenvalue weighted by Crippen LogP contribution is 2.19. The summed E-state index contributed by atoms with van der Waals surface area (Å²) < 4.78 is 0. The van der Waals surface area contributed by atoms with Crippen LogP contribution in [0, 0.1) is 19.8 Å². The predicted molar refractivity (Wildman–Crippen MR) is 103 cm³/mol. The smallest absolute Gasteiger partial charge is 0.251 e. The Labute approximate surface area is 151 Å². The van der Waals surface area contributed by atoms with Gasteiger partial charge in [0.15, 0.2) is 0 Å². The van der Waals surface area contributed by atoms with Crippen LogP contribution < -0.4 is 5.32 Å².